The van der Waals surface area contributed by atoms with E-state index >= 15 is 0 Å². The van der Waals surface area contributed by atoms with Crippen LogP contribution < -0.4 is 10.1 Å². The van der Waals surface area contributed by atoms with Crippen molar-refractivity contribution < 1.29 is 22.7 Å². The average Bonchev–Trinajstić information content (AvgIpc) is 2.63. The predicted molar refractivity (Wildman–Crippen MR) is 110 cm³/mol. The van der Waals surface area contributed by atoms with Gasteiger partial charge in [0.15, 0.2) is 12.9 Å². The van der Waals surface area contributed by atoms with E-state index in [9.17, 15) is 18.0 Å². The second kappa shape index (κ2) is 8.85. The molecule has 0 saturated heterocycles. The number of aldehydes is 1. The summed E-state index contributed by atoms with van der Waals surface area (Å²) in [6.45, 7) is 3.23. The molecule has 2 aromatic carbocycles. The van der Waals surface area contributed by atoms with E-state index in [1.807, 2.05) is 0 Å². The van der Waals surface area contributed by atoms with Crippen molar-refractivity contribution in [1.82, 2.24) is 4.31 Å². The first-order valence-electron chi connectivity index (χ1n) is 8.27. The molecule has 0 aromatic heterocycles. The first kappa shape index (κ1) is 22.1. The summed E-state index contributed by atoms with van der Waals surface area (Å²) < 4.78 is 32.1. The summed E-state index contributed by atoms with van der Waals surface area (Å²) >= 11 is 3.26. The fraction of sp³-hybridized carbons (Fsp3) is 0.263. The van der Waals surface area contributed by atoms with Crippen molar-refractivity contribution in [3.8, 4) is 5.75 Å². The SMILES string of the molecule is Cc1cc(S(=O)(=O)N(C)C)cc(NC(=O)COc2ccc(Br)cc2C=O)c1C. The van der Waals surface area contributed by atoms with Gasteiger partial charge >= 0.3 is 0 Å². The van der Waals surface area contributed by atoms with Crippen LogP contribution in [0.25, 0.3) is 0 Å². The Morgan fingerprint density at radius 1 is 1.21 bits per heavy atom. The van der Waals surface area contributed by atoms with Gasteiger partial charge < -0.3 is 10.1 Å². The van der Waals surface area contributed by atoms with Crippen molar-refractivity contribution in [1.29, 1.82) is 0 Å². The third-order valence-electron chi connectivity index (χ3n) is 4.15. The van der Waals surface area contributed by atoms with Crippen molar-refractivity contribution >= 4 is 43.8 Å². The molecule has 150 valence electrons. The largest absolute Gasteiger partial charge is 0.483 e. The number of sulfonamides is 1. The number of aryl methyl sites for hydroxylation is 1. The topological polar surface area (TPSA) is 92.8 Å². The smallest absolute Gasteiger partial charge is 0.262 e. The van der Waals surface area contributed by atoms with E-state index in [2.05, 4.69) is 21.2 Å². The van der Waals surface area contributed by atoms with Crippen molar-refractivity contribution in [2.75, 3.05) is 26.0 Å². The molecular formula is C19H21BrN2O5S. The highest BCUT2D eigenvalue weighted by atomic mass is 79.9. The van der Waals surface area contributed by atoms with Crippen LogP contribution >= 0.6 is 15.9 Å². The van der Waals surface area contributed by atoms with E-state index in [1.54, 1.807) is 38.1 Å². The quantitative estimate of drug-likeness (QED) is 0.629. The Kier molecular flexibility index (Phi) is 6.97. The highest BCUT2D eigenvalue weighted by Crippen LogP contribution is 2.26. The fourth-order valence-electron chi connectivity index (χ4n) is 2.39. The Hall–Kier alpha value is -2.23. The van der Waals surface area contributed by atoms with Crippen LogP contribution in [0.15, 0.2) is 39.7 Å². The standard InChI is InChI=1S/C19H21BrN2O5S/c1-12-7-16(28(25,26)22(3)4)9-17(13(12)2)21-19(24)11-27-18-6-5-15(20)8-14(18)10-23/h5-10H,11H2,1-4H3,(H,21,24). The van der Waals surface area contributed by atoms with Crippen LogP contribution in [0.1, 0.15) is 21.5 Å². The summed E-state index contributed by atoms with van der Waals surface area (Å²) in [5.74, 6) is -0.188. The van der Waals surface area contributed by atoms with Gasteiger partial charge in [-0.2, -0.15) is 0 Å². The number of carbonyl (C=O) groups excluding carboxylic acids is 2. The third kappa shape index (κ3) is 4.98. The summed E-state index contributed by atoms with van der Waals surface area (Å²) in [5, 5.41) is 2.68. The van der Waals surface area contributed by atoms with Crippen LogP contribution in [0.4, 0.5) is 5.69 Å². The molecule has 28 heavy (non-hydrogen) atoms. The zero-order valence-corrected chi connectivity index (χ0v) is 18.3. The minimum absolute atomic E-state index is 0.0907. The highest BCUT2D eigenvalue weighted by Gasteiger charge is 2.20. The molecule has 0 saturated carbocycles. The predicted octanol–water partition coefficient (Wildman–Crippen LogP) is 3.15. The molecule has 7 nitrogen and oxygen atoms in total. The van der Waals surface area contributed by atoms with Crippen LogP contribution in [0, 0.1) is 13.8 Å². The van der Waals surface area contributed by atoms with Crippen molar-refractivity contribution in [3.63, 3.8) is 0 Å². The maximum atomic E-state index is 12.4. The molecule has 0 unspecified atom stereocenters. The number of halogens is 1. The minimum atomic E-state index is -3.64. The molecule has 0 spiro atoms. The lowest BCUT2D eigenvalue weighted by Gasteiger charge is -2.16. The molecule has 0 aliphatic rings. The number of ether oxygens (including phenoxy) is 1. The number of hydrogen-bond acceptors (Lipinski definition) is 5. The van der Waals surface area contributed by atoms with E-state index in [-0.39, 0.29) is 17.3 Å². The molecule has 0 aliphatic carbocycles. The van der Waals surface area contributed by atoms with Crippen molar-refractivity contribution in [3.05, 3.63) is 51.5 Å². The van der Waals surface area contributed by atoms with Crippen LogP contribution in [0.2, 0.25) is 0 Å². The Morgan fingerprint density at radius 2 is 1.89 bits per heavy atom. The van der Waals surface area contributed by atoms with Crippen LogP contribution in [0.5, 0.6) is 5.75 Å². The number of carbonyl (C=O) groups is 2. The highest BCUT2D eigenvalue weighted by molar-refractivity contribution is 9.10. The Morgan fingerprint density at radius 3 is 2.50 bits per heavy atom. The van der Waals surface area contributed by atoms with Crippen LogP contribution in [-0.2, 0) is 14.8 Å². The van der Waals surface area contributed by atoms with Gasteiger partial charge in [-0.3, -0.25) is 9.59 Å². The molecule has 2 rings (SSSR count). The van der Waals surface area contributed by atoms with Gasteiger partial charge in [-0.25, -0.2) is 12.7 Å². The Labute approximate surface area is 172 Å². The number of nitrogens with zero attached hydrogens (tertiary/aromatic N) is 1. The normalized spacial score (nSPS) is 11.4. The van der Waals surface area contributed by atoms with E-state index in [0.29, 0.717) is 17.5 Å². The van der Waals surface area contributed by atoms with Gasteiger partial charge in [0.05, 0.1) is 10.5 Å². The van der Waals surface area contributed by atoms with Crippen molar-refractivity contribution in [2.45, 2.75) is 18.7 Å². The Balaban J connectivity index is 2.20. The minimum Gasteiger partial charge on any atom is -0.483 e. The van der Waals surface area contributed by atoms with Crippen LogP contribution in [0.3, 0.4) is 0 Å². The molecule has 9 heteroatoms. The van der Waals surface area contributed by atoms with Gasteiger partial charge in [0.2, 0.25) is 10.0 Å². The molecule has 0 radical (unpaired) electrons. The number of nitrogens with one attached hydrogen (secondary N) is 1. The summed E-state index contributed by atoms with van der Waals surface area (Å²) in [6.07, 6.45) is 0.640. The lowest BCUT2D eigenvalue weighted by Crippen LogP contribution is -2.24. The molecule has 1 N–H and O–H groups in total. The number of rotatable bonds is 7. The summed E-state index contributed by atoms with van der Waals surface area (Å²) in [6, 6.07) is 7.86. The average molecular weight is 469 g/mol. The van der Waals surface area contributed by atoms with E-state index in [0.717, 1.165) is 19.9 Å². The number of benzene rings is 2. The first-order valence-corrected chi connectivity index (χ1v) is 10.5. The lowest BCUT2D eigenvalue weighted by molar-refractivity contribution is -0.118. The molecule has 0 aliphatic heterocycles. The van der Waals surface area contributed by atoms with Gasteiger partial charge in [-0.05, 0) is 55.3 Å². The monoisotopic (exact) mass is 468 g/mol. The van der Waals surface area contributed by atoms with E-state index in [1.165, 1.54) is 20.2 Å². The fourth-order valence-corrected chi connectivity index (χ4v) is 3.78. The molecule has 0 bridgehead atoms. The number of amides is 1. The van der Waals surface area contributed by atoms with Gasteiger partial charge in [-0.1, -0.05) is 15.9 Å². The van der Waals surface area contributed by atoms with E-state index < -0.39 is 15.9 Å². The van der Waals surface area contributed by atoms with Crippen molar-refractivity contribution in [2.24, 2.45) is 0 Å². The summed E-state index contributed by atoms with van der Waals surface area (Å²) in [7, 11) is -0.748. The number of hydrogen-bond donors (Lipinski definition) is 1. The van der Waals surface area contributed by atoms with Gasteiger partial charge in [0.25, 0.3) is 5.91 Å². The maximum Gasteiger partial charge on any atom is 0.262 e. The molecule has 1 amide bonds. The first-order chi connectivity index (χ1) is 13.1. The Bertz CT molecular complexity index is 1020. The summed E-state index contributed by atoms with van der Waals surface area (Å²) in [5.41, 5.74) is 2.19. The van der Waals surface area contributed by atoms with Gasteiger partial charge in [-0.15, -0.1) is 0 Å². The van der Waals surface area contributed by atoms with Gasteiger partial charge in [0.1, 0.15) is 5.75 Å². The maximum absolute atomic E-state index is 12.4. The molecule has 0 heterocycles. The van der Waals surface area contributed by atoms with Gasteiger partial charge in [0, 0.05) is 24.3 Å². The second-order valence-corrected chi connectivity index (χ2v) is 9.40. The summed E-state index contributed by atoms with van der Waals surface area (Å²) in [4.78, 5) is 23.5. The molecule has 0 atom stereocenters. The zero-order chi connectivity index (χ0) is 21.1. The van der Waals surface area contributed by atoms with Crippen LogP contribution in [-0.4, -0.2) is 45.6 Å². The number of anilines is 1. The molecular weight excluding hydrogens is 448 g/mol. The van der Waals surface area contributed by atoms with E-state index in [4.69, 9.17) is 4.74 Å². The zero-order valence-electron chi connectivity index (χ0n) is 15.9. The molecule has 2 aromatic rings. The third-order valence-corrected chi connectivity index (χ3v) is 6.44. The second-order valence-electron chi connectivity index (χ2n) is 6.34. The lowest BCUT2D eigenvalue weighted by atomic mass is 10.1. The molecule has 0 fully saturated rings.